The summed E-state index contributed by atoms with van der Waals surface area (Å²) in [6, 6.07) is 10.2. The van der Waals surface area contributed by atoms with E-state index in [1.807, 2.05) is 0 Å². The van der Waals surface area contributed by atoms with E-state index in [1.54, 1.807) is 55.7 Å². The molecule has 0 unspecified atom stereocenters. The molecule has 0 spiro atoms. The molecule has 0 saturated heterocycles. The van der Waals surface area contributed by atoms with E-state index < -0.39 is 0 Å². The standard InChI is InChI=1S/C18H14Cl2N2O3/c1-22-16(8-9-21-22)17(23)6-5-13-3-4-14(25-13)11-24-18-7-2-12(19)10-15(18)20/h2-10H,11H2,1H3/b6-5+. The van der Waals surface area contributed by atoms with Gasteiger partial charge in [-0.15, -0.1) is 0 Å². The van der Waals surface area contributed by atoms with Crippen molar-refractivity contribution in [3.8, 4) is 5.75 Å². The van der Waals surface area contributed by atoms with Crippen LogP contribution in [0.2, 0.25) is 10.0 Å². The number of aromatic nitrogens is 2. The van der Waals surface area contributed by atoms with Crippen LogP contribution in [0.1, 0.15) is 22.0 Å². The van der Waals surface area contributed by atoms with Gasteiger partial charge < -0.3 is 9.15 Å². The third kappa shape index (κ3) is 4.32. The van der Waals surface area contributed by atoms with Crippen LogP contribution in [-0.2, 0) is 13.7 Å². The molecule has 0 bridgehead atoms. The number of aryl methyl sites for hydroxylation is 1. The molecule has 0 radical (unpaired) electrons. The molecule has 3 rings (SSSR count). The zero-order valence-corrected chi connectivity index (χ0v) is 14.8. The highest BCUT2D eigenvalue weighted by molar-refractivity contribution is 6.35. The fraction of sp³-hybridized carbons (Fsp3) is 0.111. The molecule has 0 N–H and O–H groups in total. The number of benzene rings is 1. The van der Waals surface area contributed by atoms with Crippen LogP contribution in [0, 0.1) is 0 Å². The van der Waals surface area contributed by atoms with Gasteiger partial charge in [0.15, 0.2) is 0 Å². The van der Waals surface area contributed by atoms with Crippen LogP contribution in [0.3, 0.4) is 0 Å². The Bertz CT molecular complexity index is 928. The molecule has 0 fully saturated rings. The number of ketones is 1. The summed E-state index contributed by atoms with van der Waals surface area (Å²) in [5, 5.41) is 4.94. The Hall–Kier alpha value is -2.50. The van der Waals surface area contributed by atoms with Crippen LogP contribution in [0.15, 0.2) is 53.1 Å². The van der Waals surface area contributed by atoms with Crippen LogP contribution in [0.5, 0.6) is 5.75 Å². The summed E-state index contributed by atoms with van der Waals surface area (Å²) < 4.78 is 12.7. The Morgan fingerprint density at radius 2 is 2.12 bits per heavy atom. The Kier molecular flexibility index (Phi) is 5.26. The molecule has 2 aromatic heterocycles. The van der Waals surface area contributed by atoms with Gasteiger partial charge in [-0.25, -0.2) is 0 Å². The van der Waals surface area contributed by atoms with Gasteiger partial charge in [-0.3, -0.25) is 9.48 Å². The lowest BCUT2D eigenvalue weighted by molar-refractivity contribution is 0.103. The van der Waals surface area contributed by atoms with Crippen molar-refractivity contribution in [2.24, 2.45) is 7.05 Å². The topological polar surface area (TPSA) is 57.3 Å². The molecule has 0 atom stereocenters. The zero-order chi connectivity index (χ0) is 17.8. The summed E-state index contributed by atoms with van der Waals surface area (Å²) in [5.41, 5.74) is 0.503. The number of halogens is 2. The van der Waals surface area contributed by atoms with E-state index in [-0.39, 0.29) is 12.4 Å². The third-order valence-electron chi connectivity index (χ3n) is 3.42. The lowest BCUT2D eigenvalue weighted by Gasteiger charge is -2.06. The lowest BCUT2D eigenvalue weighted by atomic mass is 10.2. The van der Waals surface area contributed by atoms with Crippen molar-refractivity contribution in [2.45, 2.75) is 6.61 Å². The number of carbonyl (C=O) groups excluding carboxylic acids is 1. The van der Waals surface area contributed by atoms with Gasteiger partial charge >= 0.3 is 0 Å². The smallest absolute Gasteiger partial charge is 0.203 e. The second-order valence-electron chi connectivity index (χ2n) is 5.21. The molecule has 5 nitrogen and oxygen atoms in total. The van der Waals surface area contributed by atoms with Crippen LogP contribution < -0.4 is 4.74 Å². The molecular weight excluding hydrogens is 363 g/mol. The summed E-state index contributed by atoms with van der Waals surface area (Å²) in [5.74, 6) is 1.53. The zero-order valence-electron chi connectivity index (χ0n) is 13.3. The molecule has 7 heteroatoms. The van der Waals surface area contributed by atoms with Gasteiger partial charge in [-0.1, -0.05) is 23.2 Å². The van der Waals surface area contributed by atoms with Gasteiger partial charge in [0.05, 0.1) is 5.02 Å². The highest BCUT2D eigenvalue weighted by atomic mass is 35.5. The molecule has 0 aliphatic heterocycles. The monoisotopic (exact) mass is 376 g/mol. The van der Waals surface area contributed by atoms with Gasteiger partial charge in [-0.05, 0) is 48.6 Å². The predicted molar refractivity (Wildman–Crippen MR) is 96.1 cm³/mol. The van der Waals surface area contributed by atoms with Crippen molar-refractivity contribution in [1.82, 2.24) is 9.78 Å². The van der Waals surface area contributed by atoms with E-state index in [9.17, 15) is 4.79 Å². The van der Waals surface area contributed by atoms with Gasteiger partial charge in [0.25, 0.3) is 0 Å². The molecule has 25 heavy (non-hydrogen) atoms. The van der Waals surface area contributed by atoms with Crippen LogP contribution in [-0.4, -0.2) is 15.6 Å². The Morgan fingerprint density at radius 3 is 2.84 bits per heavy atom. The normalized spacial score (nSPS) is 11.2. The number of nitrogens with zero attached hydrogens (tertiary/aromatic N) is 2. The molecule has 0 saturated carbocycles. The summed E-state index contributed by atoms with van der Waals surface area (Å²) in [4.78, 5) is 12.0. The third-order valence-corrected chi connectivity index (χ3v) is 3.95. The van der Waals surface area contributed by atoms with Crippen molar-refractivity contribution in [1.29, 1.82) is 0 Å². The van der Waals surface area contributed by atoms with E-state index >= 15 is 0 Å². The minimum atomic E-state index is -0.151. The number of rotatable bonds is 6. The number of allylic oxidation sites excluding steroid dienone is 1. The van der Waals surface area contributed by atoms with Gasteiger partial charge in [0.1, 0.15) is 29.6 Å². The molecule has 3 aromatic rings. The summed E-state index contributed by atoms with van der Waals surface area (Å²) in [6.45, 7) is 0.213. The second kappa shape index (κ2) is 7.59. The lowest BCUT2D eigenvalue weighted by Crippen LogP contribution is -2.03. The van der Waals surface area contributed by atoms with E-state index in [0.717, 1.165) is 0 Å². The second-order valence-corrected chi connectivity index (χ2v) is 6.05. The number of carbonyl (C=O) groups is 1. The van der Waals surface area contributed by atoms with E-state index in [4.69, 9.17) is 32.4 Å². The number of furan rings is 1. The highest BCUT2D eigenvalue weighted by Crippen LogP contribution is 2.28. The van der Waals surface area contributed by atoms with Gasteiger partial charge in [0, 0.05) is 18.3 Å². The molecule has 1 aromatic carbocycles. The van der Waals surface area contributed by atoms with Crippen molar-refractivity contribution in [3.63, 3.8) is 0 Å². The Morgan fingerprint density at radius 1 is 1.28 bits per heavy atom. The fourth-order valence-corrected chi connectivity index (χ4v) is 2.62. The molecule has 2 heterocycles. The Labute approximate surface area is 154 Å². The number of hydrogen-bond donors (Lipinski definition) is 0. The van der Waals surface area contributed by atoms with E-state index in [2.05, 4.69) is 5.10 Å². The highest BCUT2D eigenvalue weighted by Gasteiger charge is 2.08. The largest absolute Gasteiger partial charge is 0.484 e. The predicted octanol–water partition coefficient (Wildman–Crippen LogP) is 4.80. The molecule has 128 valence electrons. The molecule has 0 amide bonds. The van der Waals surface area contributed by atoms with Crippen LogP contribution in [0.4, 0.5) is 0 Å². The average Bonchev–Trinajstić information content (AvgIpc) is 3.21. The van der Waals surface area contributed by atoms with E-state index in [1.165, 1.54) is 10.8 Å². The fourth-order valence-electron chi connectivity index (χ4n) is 2.16. The maximum atomic E-state index is 12.0. The number of hydrogen-bond acceptors (Lipinski definition) is 4. The van der Waals surface area contributed by atoms with Gasteiger partial charge in [-0.2, -0.15) is 5.10 Å². The minimum Gasteiger partial charge on any atom is -0.484 e. The van der Waals surface area contributed by atoms with E-state index in [0.29, 0.717) is 33.0 Å². The summed E-state index contributed by atoms with van der Waals surface area (Å²) in [7, 11) is 1.71. The van der Waals surface area contributed by atoms with Crippen LogP contribution in [0.25, 0.3) is 6.08 Å². The summed E-state index contributed by atoms with van der Waals surface area (Å²) >= 11 is 11.9. The molecule has 0 aliphatic carbocycles. The molecule has 0 aliphatic rings. The first kappa shape index (κ1) is 17.3. The minimum absolute atomic E-state index is 0.151. The SMILES string of the molecule is Cn1nccc1C(=O)/C=C/c1ccc(COc2ccc(Cl)cc2Cl)o1. The van der Waals surface area contributed by atoms with Crippen molar-refractivity contribution in [3.05, 3.63) is 75.9 Å². The van der Waals surface area contributed by atoms with Crippen molar-refractivity contribution in [2.75, 3.05) is 0 Å². The van der Waals surface area contributed by atoms with Crippen molar-refractivity contribution >= 4 is 35.1 Å². The van der Waals surface area contributed by atoms with Gasteiger partial charge in [0.2, 0.25) is 5.78 Å². The average molecular weight is 377 g/mol. The maximum Gasteiger partial charge on any atom is 0.203 e. The first-order valence-corrected chi connectivity index (χ1v) is 8.15. The maximum absolute atomic E-state index is 12.0. The Balaban J connectivity index is 1.61. The van der Waals surface area contributed by atoms with Crippen LogP contribution >= 0.6 is 23.2 Å². The van der Waals surface area contributed by atoms with Crippen molar-refractivity contribution < 1.29 is 13.9 Å². The summed E-state index contributed by atoms with van der Waals surface area (Å²) in [6.07, 6.45) is 4.62. The quantitative estimate of drug-likeness (QED) is 0.458. The first-order valence-electron chi connectivity index (χ1n) is 7.40. The first-order chi connectivity index (χ1) is 12.0. The molecular formula is C18H14Cl2N2O3. The number of ether oxygens (including phenoxy) is 1.